The van der Waals surface area contributed by atoms with Gasteiger partial charge < -0.3 is 10.2 Å². The summed E-state index contributed by atoms with van der Waals surface area (Å²) >= 11 is 0. The fourth-order valence-corrected chi connectivity index (χ4v) is 3.38. The maximum absolute atomic E-state index is 3.83. The minimum atomic E-state index is 0.753. The average Bonchev–Trinajstić information content (AvgIpc) is 2.29. The molecule has 0 atom stereocenters. The molecule has 1 aliphatic rings. The molecule has 1 aliphatic heterocycles. The number of nitrogens with one attached hydrogen (secondary N) is 1. The normalized spacial score (nSPS) is 19.3. The van der Waals surface area contributed by atoms with Gasteiger partial charge in [-0.2, -0.15) is 0 Å². The predicted octanol–water partition coefficient (Wildman–Crippen LogP) is 3.62. The van der Waals surface area contributed by atoms with E-state index in [2.05, 4.69) is 51.8 Å². The highest BCUT2D eigenvalue weighted by atomic mass is 15.1. The van der Waals surface area contributed by atoms with Crippen LogP contribution < -0.4 is 5.32 Å². The zero-order chi connectivity index (χ0) is 14.4. The molecule has 114 valence electrons. The van der Waals surface area contributed by atoms with Gasteiger partial charge in [0.15, 0.2) is 0 Å². The maximum atomic E-state index is 3.83. The van der Waals surface area contributed by atoms with E-state index in [9.17, 15) is 0 Å². The summed E-state index contributed by atoms with van der Waals surface area (Å²) in [5.74, 6) is 3.19. The number of nitrogens with zero attached hydrogens (tertiary/aromatic N) is 1. The van der Waals surface area contributed by atoms with Crippen LogP contribution in [0.25, 0.3) is 0 Å². The van der Waals surface area contributed by atoms with Gasteiger partial charge in [0, 0.05) is 12.6 Å². The Labute approximate surface area is 121 Å². The van der Waals surface area contributed by atoms with Crippen LogP contribution in [0.4, 0.5) is 0 Å². The lowest BCUT2D eigenvalue weighted by molar-refractivity contribution is 0.170. The van der Waals surface area contributed by atoms with E-state index in [0.29, 0.717) is 0 Å². The second-order valence-electron chi connectivity index (χ2n) is 7.53. The smallest absolute Gasteiger partial charge is 0.00915 e. The van der Waals surface area contributed by atoms with Crippen molar-refractivity contribution in [3.05, 3.63) is 0 Å². The molecular formula is C17H36N2. The summed E-state index contributed by atoms with van der Waals surface area (Å²) in [5, 5.41) is 3.83. The highest BCUT2D eigenvalue weighted by Crippen LogP contribution is 2.20. The molecule has 0 unspecified atom stereocenters. The molecule has 1 heterocycles. The Morgan fingerprint density at radius 1 is 0.947 bits per heavy atom. The Morgan fingerprint density at radius 2 is 1.47 bits per heavy atom. The van der Waals surface area contributed by atoms with E-state index in [-0.39, 0.29) is 0 Å². The van der Waals surface area contributed by atoms with Crippen LogP contribution >= 0.6 is 0 Å². The number of piperidine rings is 1. The van der Waals surface area contributed by atoms with Gasteiger partial charge in [-0.15, -0.1) is 0 Å². The van der Waals surface area contributed by atoms with Crippen LogP contribution in [0, 0.1) is 23.7 Å². The summed E-state index contributed by atoms with van der Waals surface area (Å²) < 4.78 is 0. The zero-order valence-electron chi connectivity index (χ0n) is 14.1. The highest BCUT2D eigenvalue weighted by molar-refractivity contribution is 4.79. The van der Waals surface area contributed by atoms with E-state index in [4.69, 9.17) is 0 Å². The molecule has 1 saturated heterocycles. The SMILES string of the molecule is CC(C)CN1CCC(NCC(C(C)C)C(C)C)CC1. The lowest BCUT2D eigenvalue weighted by Crippen LogP contribution is -2.45. The highest BCUT2D eigenvalue weighted by Gasteiger charge is 2.22. The molecule has 2 nitrogen and oxygen atoms in total. The maximum Gasteiger partial charge on any atom is 0.00915 e. The monoisotopic (exact) mass is 268 g/mol. The Hall–Kier alpha value is -0.0800. The minimum absolute atomic E-state index is 0.753. The third kappa shape index (κ3) is 6.27. The van der Waals surface area contributed by atoms with E-state index in [1.807, 2.05) is 0 Å². The molecule has 0 aromatic rings. The van der Waals surface area contributed by atoms with E-state index in [1.165, 1.54) is 39.0 Å². The Balaban J connectivity index is 2.25. The number of hydrogen-bond donors (Lipinski definition) is 1. The largest absolute Gasteiger partial charge is 0.314 e. The van der Waals surface area contributed by atoms with Gasteiger partial charge in [0.2, 0.25) is 0 Å². The van der Waals surface area contributed by atoms with Gasteiger partial charge in [-0.3, -0.25) is 0 Å². The predicted molar refractivity (Wildman–Crippen MR) is 85.5 cm³/mol. The summed E-state index contributed by atoms with van der Waals surface area (Å²) in [7, 11) is 0. The van der Waals surface area contributed by atoms with Gasteiger partial charge in [0.25, 0.3) is 0 Å². The molecule has 0 aliphatic carbocycles. The first-order valence-electron chi connectivity index (χ1n) is 8.35. The van der Waals surface area contributed by atoms with E-state index in [0.717, 1.165) is 29.7 Å². The molecule has 1 N–H and O–H groups in total. The van der Waals surface area contributed by atoms with Crippen molar-refractivity contribution in [2.24, 2.45) is 23.7 Å². The standard InChI is InChI=1S/C17H36N2/c1-13(2)12-19-9-7-16(8-10-19)18-11-17(14(3)4)15(5)6/h13-18H,7-12H2,1-6H3. The molecule has 0 amide bonds. The first-order chi connectivity index (χ1) is 8.90. The van der Waals surface area contributed by atoms with Gasteiger partial charge in [-0.1, -0.05) is 41.5 Å². The van der Waals surface area contributed by atoms with Crippen LogP contribution in [0.1, 0.15) is 54.4 Å². The van der Waals surface area contributed by atoms with Crippen molar-refractivity contribution >= 4 is 0 Å². The van der Waals surface area contributed by atoms with Crippen LogP contribution in [0.3, 0.4) is 0 Å². The van der Waals surface area contributed by atoms with Crippen molar-refractivity contribution in [2.45, 2.75) is 60.4 Å². The zero-order valence-corrected chi connectivity index (χ0v) is 14.1. The lowest BCUT2D eigenvalue weighted by Gasteiger charge is -2.35. The molecule has 1 fully saturated rings. The third-order valence-corrected chi connectivity index (χ3v) is 4.57. The molecule has 0 aromatic heterocycles. The topological polar surface area (TPSA) is 15.3 Å². The molecule has 0 aromatic carbocycles. The van der Waals surface area contributed by atoms with Crippen LogP contribution in [-0.4, -0.2) is 37.1 Å². The number of likely N-dealkylation sites (tertiary alicyclic amines) is 1. The van der Waals surface area contributed by atoms with Crippen molar-refractivity contribution in [1.82, 2.24) is 10.2 Å². The fraction of sp³-hybridized carbons (Fsp3) is 1.00. The first kappa shape index (κ1) is 17.0. The Morgan fingerprint density at radius 3 is 1.89 bits per heavy atom. The summed E-state index contributed by atoms with van der Waals surface area (Å²) in [6.07, 6.45) is 2.66. The first-order valence-corrected chi connectivity index (χ1v) is 8.35. The molecule has 0 bridgehead atoms. The summed E-state index contributed by atoms with van der Waals surface area (Å²) in [6.45, 7) is 19.1. The molecule has 19 heavy (non-hydrogen) atoms. The van der Waals surface area contributed by atoms with Crippen LogP contribution in [0.15, 0.2) is 0 Å². The Kier molecular flexibility index (Phi) is 7.38. The fourth-order valence-electron chi connectivity index (χ4n) is 3.38. The summed E-state index contributed by atoms with van der Waals surface area (Å²) in [6, 6.07) is 0.753. The minimum Gasteiger partial charge on any atom is -0.314 e. The second kappa shape index (κ2) is 8.26. The molecule has 2 heteroatoms. The van der Waals surface area contributed by atoms with E-state index < -0.39 is 0 Å². The molecule has 0 spiro atoms. The van der Waals surface area contributed by atoms with Crippen LogP contribution in [0.2, 0.25) is 0 Å². The molecule has 0 saturated carbocycles. The van der Waals surface area contributed by atoms with Crippen molar-refractivity contribution in [1.29, 1.82) is 0 Å². The molecule has 1 rings (SSSR count). The average molecular weight is 268 g/mol. The number of hydrogen-bond acceptors (Lipinski definition) is 2. The lowest BCUT2D eigenvalue weighted by atomic mass is 9.85. The third-order valence-electron chi connectivity index (χ3n) is 4.57. The van der Waals surface area contributed by atoms with Crippen molar-refractivity contribution < 1.29 is 0 Å². The van der Waals surface area contributed by atoms with E-state index in [1.54, 1.807) is 0 Å². The quantitative estimate of drug-likeness (QED) is 0.758. The molecular weight excluding hydrogens is 232 g/mol. The van der Waals surface area contributed by atoms with Crippen molar-refractivity contribution in [2.75, 3.05) is 26.2 Å². The summed E-state index contributed by atoms with van der Waals surface area (Å²) in [4.78, 5) is 2.63. The van der Waals surface area contributed by atoms with Gasteiger partial charge in [-0.05, 0) is 56.1 Å². The molecule has 0 radical (unpaired) electrons. The van der Waals surface area contributed by atoms with Crippen LogP contribution in [0.5, 0.6) is 0 Å². The van der Waals surface area contributed by atoms with Gasteiger partial charge >= 0.3 is 0 Å². The van der Waals surface area contributed by atoms with Crippen molar-refractivity contribution in [3.8, 4) is 0 Å². The van der Waals surface area contributed by atoms with Gasteiger partial charge in [0.05, 0.1) is 0 Å². The van der Waals surface area contributed by atoms with Crippen molar-refractivity contribution in [3.63, 3.8) is 0 Å². The van der Waals surface area contributed by atoms with Crippen LogP contribution in [-0.2, 0) is 0 Å². The summed E-state index contributed by atoms with van der Waals surface area (Å²) in [5.41, 5.74) is 0. The number of rotatable bonds is 7. The van der Waals surface area contributed by atoms with E-state index >= 15 is 0 Å². The second-order valence-corrected chi connectivity index (χ2v) is 7.53. The Bertz CT molecular complexity index is 219. The van der Waals surface area contributed by atoms with Gasteiger partial charge in [-0.25, -0.2) is 0 Å². The van der Waals surface area contributed by atoms with Gasteiger partial charge in [0.1, 0.15) is 0 Å².